The molecule has 1 amide bonds. The third kappa shape index (κ3) is 4.25. The highest BCUT2D eigenvalue weighted by molar-refractivity contribution is 5.91. The van der Waals surface area contributed by atoms with E-state index in [1.807, 2.05) is 20.8 Å². The Balaban J connectivity index is 1.62. The predicted octanol–water partition coefficient (Wildman–Crippen LogP) is 3.89. The van der Waals surface area contributed by atoms with Gasteiger partial charge in [-0.3, -0.25) is 15.0 Å². The van der Waals surface area contributed by atoms with Crippen molar-refractivity contribution in [1.29, 1.82) is 0 Å². The second kappa shape index (κ2) is 6.96. The second-order valence-electron chi connectivity index (χ2n) is 7.55. The van der Waals surface area contributed by atoms with Gasteiger partial charge in [-0.1, -0.05) is 38.1 Å². The first-order chi connectivity index (χ1) is 11.8. The summed E-state index contributed by atoms with van der Waals surface area (Å²) in [6, 6.07) is 8.43. The summed E-state index contributed by atoms with van der Waals surface area (Å²) in [6.07, 6.45) is 1.99. The Morgan fingerprint density at radius 2 is 2.08 bits per heavy atom. The Bertz CT molecular complexity index is 734. The molecule has 1 aliphatic heterocycles. The number of hydrogen-bond donors (Lipinski definition) is 1. The lowest BCUT2D eigenvalue weighted by atomic mass is 9.92. The van der Waals surface area contributed by atoms with Crippen LogP contribution >= 0.6 is 0 Å². The molecule has 3 rings (SSSR count). The molecule has 134 valence electrons. The van der Waals surface area contributed by atoms with Crippen LogP contribution in [0, 0.1) is 5.82 Å². The highest BCUT2D eigenvalue weighted by Gasteiger charge is 2.28. The van der Waals surface area contributed by atoms with Gasteiger partial charge in [0.1, 0.15) is 5.82 Å². The molecule has 1 aromatic heterocycles. The minimum absolute atomic E-state index is 0.130. The van der Waals surface area contributed by atoms with E-state index in [0.29, 0.717) is 5.88 Å². The van der Waals surface area contributed by atoms with Crippen molar-refractivity contribution < 1.29 is 13.7 Å². The lowest BCUT2D eigenvalue weighted by molar-refractivity contribution is -0.117. The van der Waals surface area contributed by atoms with Crippen LogP contribution in [0.4, 0.5) is 10.3 Å². The number of rotatable bonds is 4. The monoisotopic (exact) mass is 345 g/mol. The fourth-order valence-corrected chi connectivity index (χ4v) is 3.13. The van der Waals surface area contributed by atoms with Gasteiger partial charge in [-0.25, -0.2) is 4.39 Å². The van der Waals surface area contributed by atoms with Crippen LogP contribution in [0.3, 0.4) is 0 Å². The zero-order valence-electron chi connectivity index (χ0n) is 14.9. The van der Waals surface area contributed by atoms with E-state index in [1.54, 1.807) is 18.2 Å². The molecule has 2 heterocycles. The molecule has 1 unspecified atom stereocenters. The first-order valence-electron chi connectivity index (χ1n) is 8.59. The van der Waals surface area contributed by atoms with E-state index in [-0.39, 0.29) is 29.7 Å². The van der Waals surface area contributed by atoms with E-state index in [0.717, 1.165) is 30.6 Å². The largest absolute Gasteiger partial charge is 0.338 e. The SMILES string of the molecule is CC(C)(C)c1cc(NC(=O)CN2CCCC2c2ccc(F)cc2)on1. The van der Waals surface area contributed by atoms with Crippen molar-refractivity contribution in [3.8, 4) is 0 Å². The summed E-state index contributed by atoms with van der Waals surface area (Å²) in [5, 5.41) is 6.78. The lowest BCUT2D eigenvalue weighted by Gasteiger charge is -2.23. The number of benzene rings is 1. The van der Waals surface area contributed by atoms with Crippen LogP contribution in [-0.2, 0) is 10.2 Å². The molecule has 1 atom stereocenters. The van der Waals surface area contributed by atoms with Gasteiger partial charge in [-0.15, -0.1) is 0 Å². The van der Waals surface area contributed by atoms with Crippen molar-refractivity contribution >= 4 is 11.8 Å². The van der Waals surface area contributed by atoms with Gasteiger partial charge in [0.2, 0.25) is 11.8 Å². The van der Waals surface area contributed by atoms with Gasteiger partial charge in [0, 0.05) is 17.5 Å². The number of anilines is 1. The van der Waals surface area contributed by atoms with Gasteiger partial charge >= 0.3 is 0 Å². The van der Waals surface area contributed by atoms with Crippen molar-refractivity contribution in [3.63, 3.8) is 0 Å². The zero-order chi connectivity index (χ0) is 18.0. The molecule has 1 aliphatic rings. The molecule has 25 heavy (non-hydrogen) atoms. The van der Waals surface area contributed by atoms with E-state index < -0.39 is 0 Å². The fraction of sp³-hybridized carbons (Fsp3) is 0.474. The van der Waals surface area contributed by atoms with E-state index in [1.165, 1.54) is 12.1 Å². The van der Waals surface area contributed by atoms with Crippen molar-refractivity contribution in [2.45, 2.75) is 45.1 Å². The smallest absolute Gasteiger partial charge is 0.240 e. The Morgan fingerprint density at radius 3 is 2.72 bits per heavy atom. The quantitative estimate of drug-likeness (QED) is 0.913. The molecular formula is C19H24FN3O2. The van der Waals surface area contributed by atoms with Crippen LogP contribution in [0.25, 0.3) is 0 Å². The maximum Gasteiger partial charge on any atom is 0.240 e. The highest BCUT2D eigenvalue weighted by Crippen LogP contribution is 2.31. The maximum atomic E-state index is 13.1. The van der Waals surface area contributed by atoms with Gasteiger partial charge in [0.25, 0.3) is 0 Å². The minimum atomic E-state index is -0.244. The zero-order valence-corrected chi connectivity index (χ0v) is 14.9. The molecule has 1 fully saturated rings. The summed E-state index contributed by atoms with van der Waals surface area (Å²) in [4.78, 5) is 14.5. The first-order valence-corrected chi connectivity index (χ1v) is 8.59. The van der Waals surface area contributed by atoms with Crippen LogP contribution in [0.5, 0.6) is 0 Å². The van der Waals surface area contributed by atoms with Gasteiger partial charge in [-0.2, -0.15) is 0 Å². The second-order valence-corrected chi connectivity index (χ2v) is 7.55. The van der Waals surface area contributed by atoms with Crippen LogP contribution in [0.2, 0.25) is 0 Å². The first kappa shape index (κ1) is 17.6. The van der Waals surface area contributed by atoms with E-state index in [9.17, 15) is 9.18 Å². The standard InChI is InChI=1S/C19H24FN3O2/c1-19(2,3)16-11-18(25-22-16)21-17(24)12-23-10-4-5-15(23)13-6-8-14(20)9-7-13/h6-9,11,15H,4-5,10,12H2,1-3H3,(H,21,24). The number of nitrogens with zero attached hydrogens (tertiary/aromatic N) is 2. The number of halogens is 1. The molecule has 0 radical (unpaired) electrons. The third-order valence-electron chi connectivity index (χ3n) is 4.51. The maximum absolute atomic E-state index is 13.1. The van der Waals surface area contributed by atoms with Gasteiger partial charge in [-0.05, 0) is 37.1 Å². The van der Waals surface area contributed by atoms with Crippen LogP contribution in [0.15, 0.2) is 34.9 Å². The molecule has 2 aromatic rings. The highest BCUT2D eigenvalue weighted by atomic mass is 19.1. The average molecular weight is 345 g/mol. The van der Waals surface area contributed by atoms with Crippen LogP contribution in [-0.4, -0.2) is 29.1 Å². The summed E-state index contributed by atoms with van der Waals surface area (Å²) in [5.74, 6) is -0.0101. The molecule has 1 aromatic carbocycles. The number of hydrogen-bond acceptors (Lipinski definition) is 4. The summed E-state index contributed by atoms with van der Waals surface area (Å²) in [6.45, 7) is 7.22. The number of amides is 1. The van der Waals surface area contributed by atoms with Crippen molar-refractivity contribution in [1.82, 2.24) is 10.1 Å². The average Bonchev–Trinajstić information content (AvgIpc) is 3.17. The number of nitrogens with one attached hydrogen (secondary N) is 1. The number of likely N-dealkylation sites (tertiary alicyclic amines) is 1. The molecule has 0 spiro atoms. The molecule has 0 bridgehead atoms. The number of aromatic nitrogens is 1. The normalized spacial score (nSPS) is 18.5. The fourth-order valence-electron chi connectivity index (χ4n) is 3.13. The number of carbonyl (C=O) groups excluding carboxylic acids is 1. The molecule has 0 aliphatic carbocycles. The van der Waals surface area contributed by atoms with Gasteiger partial charge < -0.3 is 4.52 Å². The van der Waals surface area contributed by atoms with Gasteiger partial charge in [0.15, 0.2) is 0 Å². The summed E-state index contributed by atoms with van der Waals surface area (Å²) in [7, 11) is 0. The molecule has 6 heteroatoms. The molecule has 5 nitrogen and oxygen atoms in total. The summed E-state index contributed by atoms with van der Waals surface area (Å²) >= 11 is 0. The third-order valence-corrected chi connectivity index (χ3v) is 4.51. The Morgan fingerprint density at radius 1 is 1.36 bits per heavy atom. The van der Waals surface area contributed by atoms with Crippen molar-refractivity contribution in [2.24, 2.45) is 0 Å². The predicted molar refractivity (Wildman–Crippen MR) is 93.8 cm³/mol. The van der Waals surface area contributed by atoms with E-state index >= 15 is 0 Å². The van der Waals surface area contributed by atoms with Gasteiger partial charge in [0.05, 0.1) is 12.2 Å². The Labute approximate surface area is 147 Å². The number of carbonyl (C=O) groups is 1. The molecule has 1 N–H and O–H groups in total. The Hall–Kier alpha value is -2.21. The van der Waals surface area contributed by atoms with Crippen molar-refractivity contribution in [3.05, 3.63) is 47.4 Å². The summed E-state index contributed by atoms with van der Waals surface area (Å²) < 4.78 is 18.3. The van der Waals surface area contributed by atoms with E-state index in [4.69, 9.17) is 4.52 Å². The van der Waals surface area contributed by atoms with E-state index in [2.05, 4.69) is 15.4 Å². The van der Waals surface area contributed by atoms with Crippen LogP contribution in [0.1, 0.15) is 50.9 Å². The van der Waals surface area contributed by atoms with Crippen LogP contribution < -0.4 is 5.32 Å². The molecular weight excluding hydrogens is 321 g/mol. The molecule has 0 saturated carbocycles. The topological polar surface area (TPSA) is 58.4 Å². The summed E-state index contributed by atoms with van der Waals surface area (Å²) in [5.41, 5.74) is 1.71. The van der Waals surface area contributed by atoms with Crippen molar-refractivity contribution in [2.75, 3.05) is 18.4 Å². The molecule has 1 saturated heterocycles. The lowest BCUT2D eigenvalue weighted by Crippen LogP contribution is -2.32. The Kier molecular flexibility index (Phi) is 4.90. The minimum Gasteiger partial charge on any atom is -0.338 e.